The quantitative estimate of drug-likeness (QED) is 0.764. The highest BCUT2D eigenvalue weighted by Gasteiger charge is 2.28. The summed E-state index contributed by atoms with van der Waals surface area (Å²) in [7, 11) is -3.57. The number of ether oxygens (including phenoxy) is 1. The molecule has 0 radical (unpaired) electrons. The van der Waals surface area contributed by atoms with Gasteiger partial charge in [0.2, 0.25) is 15.9 Å². The molecule has 1 amide bonds. The molecule has 134 valence electrons. The molecule has 1 fully saturated rings. The molecule has 1 saturated heterocycles. The molecule has 1 aliphatic heterocycles. The third-order valence-corrected chi connectivity index (χ3v) is 6.11. The van der Waals surface area contributed by atoms with Gasteiger partial charge in [-0.25, -0.2) is 8.42 Å². The van der Waals surface area contributed by atoms with Gasteiger partial charge in [0.05, 0.1) is 18.1 Å². The predicted octanol–water partition coefficient (Wildman–Crippen LogP) is 2.53. The Kier molecular flexibility index (Phi) is 6.77. The fourth-order valence-corrected chi connectivity index (χ4v) is 4.30. The van der Waals surface area contributed by atoms with Gasteiger partial charge in [-0.15, -0.1) is 0 Å². The third-order valence-electron chi connectivity index (χ3n) is 4.07. The second-order valence-electron chi connectivity index (χ2n) is 6.00. The van der Waals surface area contributed by atoms with Crippen LogP contribution in [0.15, 0.2) is 23.1 Å². The van der Waals surface area contributed by atoms with Crippen molar-refractivity contribution in [2.45, 2.75) is 44.4 Å². The van der Waals surface area contributed by atoms with Crippen molar-refractivity contribution >= 4 is 21.6 Å². The van der Waals surface area contributed by atoms with Crippen LogP contribution < -0.4 is 5.32 Å². The van der Waals surface area contributed by atoms with Gasteiger partial charge in [0.1, 0.15) is 0 Å². The summed E-state index contributed by atoms with van der Waals surface area (Å²) in [5.74, 6) is -0.0815. The third kappa shape index (κ3) is 4.78. The molecule has 0 unspecified atom stereocenters. The number of unbranched alkanes of at least 4 members (excludes halogenated alkanes) is 2. The summed E-state index contributed by atoms with van der Waals surface area (Å²) in [6.45, 7) is 5.38. The maximum absolute atomic E-state index is 12.8. The van der Waals surface area contributed by atoms with Gasteiger partial charge in [0.25, 0.3) is 0 Å². The Morgan fingerprint density at radius 3 is 2.62 bits per heavy atom. The fourth-order valence-electron chi connectivity index (χ4n) is 2.64. The normalized spacial score (nSPS) is 16.1. The second kappa shape index (κ2) is 8.60. The molecule has 1 heterocycles. The van der Waals surface area contributed by atoms with E-state index in [0.29, 0.717) is 44.0 Å². The summed E-state index contributed by atoms with van der Waals surface area (Å²) in [5, 5.41) is 2.80. The van der Waals surface area contributed by atoms with Crippen LogP contribution in [0.2, 0.25) is 0 Å². The van der Waals surface area contributed by atoms with Gasteiger partial charge in [-0.3, -0.25) is 4.79 Å². The van der Waals surface area contributed by atoms with E-state index in [1.165, 1.54) is 4.31 Å². The highest BCUT2D eigenvalue weighted by atomic mass is 32.2. The minimum atomic E-state index is -3.57. The lowest BCUT2D eigenvalue weighted by molar-refractivity contribution is -0.116. The molecule has 0 spiro atoms. The van der Waals surface area contributed by atoms with Gasteiger partial charge >= 0.3 is 0 Å². The second-order valence-corrected chi connectivity index (χ2v) is 7.91. The Hall–Kier alpha value is -1.44. The van der Waals surface area contributed by atoms with Gasteiger partial charge in [-0.05, 0) is 31.0 Å². The lowest BCUT2D eigenvalue weighted by Crippen LogP contribution is -2.40. The number of amides is 1. The van der Waals surface area contributed by atoms with Crippen molar-refractivity contribution < 1.29 is 17.9 Å². The average Bonchev–Trinajstić information content (AvgIpc) is 2.57. The molecular weight excluding hydrogens is 328 g/mol. The summed E-state index contributed by atoms with van der Waals surface area (Å²) in [6, 6.07) is 5.03. The number of hydrogen-bond acceptors (Lipinski definition) is 4. The van der Waals surface area contributed by atoms with Gasteiger partial charge < -0.3 is 10.1 Å². The molecule has 1 N–H and O–H groups in total. The molecule has 0 aromatic heterocycles. The van der Waals surface area contributed by atoms with Gasteiger partial charge in [0, 0.05) is 25.2 Å². The van der Waals surface area contributed by atoms with Crippen molar-refractivity contribution in [3.63, 3.8) is 0 Å². The first kappa shape index (κ1) is 18.9. The van der Waals surface area contributed by atoms with Crippen molar-refractivity contribution in [3.05, 3.63) is 23.8 Å². The van der Waals surface area contributed by atoms with Crippen LogP contribution in [0.25, 0.3) is 0 Å². The van der Waals surface area contributed by atoms with Crippen molar-refractivity contribution in [2.24, 2.45) is 0 Å². The van der Waals surface area contributed by atoms with E-state index in [4.69, 9.17) is 4.74 Å². The number of hydrogen-bond donors (Lipinski definition) is 1. The Labute approximate surface area is 144 Å². The van der Waals surface area contributed by atoms with Crippen LogP contribution in [0.4, 0.5) is 5.69 Å². The Morgan fingerprint density at radius 2 is 1.96 bits per heavy atom. The van der Waals surface area contributed by atoms with E-state index in [9.17, 15) is 13.2 Å². The zero-order valence-corrected chi connectivity index (χ0v) is 15.2. The topological polar surface area (TPSA) is 75.7 Å². The molecule has 7 heteroatoms. The fraction of sp³-hybridized carbons (Fsp3) is 0.588. The number of morpholine rings is 1. The van der Waals surface area contributed by atoms with Gasteiger partial charge in [-0.1, -0.05) is 25.8 Å². The molecule has 0 saturated carbocycles. The molecule has 0 aliphatic carbocycles. The smallest absolute Gasteiger partial charge is 0.243 e. The number of benzene rings is 1. The standard InChI is InChI=1S/C17H26N2O4S/c1-3-4-5-6-17(20)18-15-8-7-14(2)16(13-15)24(21,22)19-9-11-23-12-10-19/h7-8,13H,3-6,9-12H2,1-2H3,(H,18,20). The van der Waals surface area contributed by atoms with Crippen molar-refractivity contribution in [1.82, 2.24) is 4.31 Å². The molecule has 1 aromatic carbocycles. The summed E-state index contributed by atoms with van der Waals surface area (Å²) < 4.78 is 32.3. The van der Waals surface area contributed by atoms with Crippen LogP contribution >= 0.6 is 0 Å². The number of carbonyl (C=O) groups is 1. The van der Waals surface area contributed by atoms with Crippen LogP contribution in [-0.2, 0) is 19.6 Å². The number of carbonyl (C=O) groups excluding carboxylic acids is 1. The summed E-state index contributed by atoms with van der Waals surface area (Å²) in [6.07, 6.45) is 3.36. The highest BCUT2D eigenvalue weighted by Crippen LogP contribution is 2.24. The SMILES string of the molecule is CCCCCC(=O)Nc1ccc(C)c(S(=O)(=O)N2CCOCC2)c1. The zero-order valence-electron chi connectivity index (χ0n) is 14.4. The van der Waals surface area contributed by atoms with E-state index in [1.807, 2.05) is 0 Å². The summed E-state index contributed by atoms with van der Waals surface area (Å²) in [5.41, 5.74) is 1.19. The van der Waals surface area contributed by atoms with Crippen molar-refractivity contribution in [3.8, 4) is 0 Å². The maximum Gasteiger partial charge on any atom is 0.243 e. The minimum Gasteiger partial charge on any atom is -0.379 e. The van der Waals surface area contributed by atoms with E-state index in [2.05, 4.69) is 12.2 Å². The average molecular weight is 354 g/mol. The monoisotopic (exact) mass is 354 g/mol. The molecule has 0 atom stereocenters. The summed E-state index contributed by atoms with van der Waals surface area (Å²) >= 11 is 0. The van der Waals surface area contributed by atoms with Crippen LogP contribution in [-0.4, -0.2) is 44.9 Å². The first-order valence-corrected chi connectivity index (χ1v) is 9.87. The van der Waals surface area contributed by atoms with Crippen LogP contribution in [0, 0.1) is 6.92 Å². The first-order valence-electron chi connectivity index (χ1n) is 8.43. The van der Waals surface area contributed by atoms with Crippen LogP contribution in [0.1, 0.15) is 38.2 Å². The molecule has 0 bridgehead atoms. The van der Waals surface area contributed by atoms with Crippen molar-refractivity contribution in [1.29, 1.82) is 0 Å². The molecule has 1 aromatic rings. The number of nitrogens with one attached hydrogen (secondary N) is 1. The van der Waals surface area contributed by atoms with Crippen LogP contribution in [0.5, 0.6) is 0 Å². The number of anilines is 1. The minimum absolute atomic E-state index is 0.0815. The molecule has 24 heavy (non-hydrogen) atoms. The highest BCUT2D eigenvalue weighted by molar-refractivity contribution is 7.89. The molecule has 2 rings (SSSR count). The van der Waals surface area contributed by atoms with E-state index >= 15 is 0 Å². The molecule has 6 nitrogen and oxygen atoms in total. The Bertz CT molecular complexity index is 667. The Morgan fingerprint density at radius 1 is 1.25 bits per heavy atom. The lowest BCUT2D eigenvalue weighted by atomic mass is 10.2. The van der Waals surface area contributed by atoms with E-state index in [1.54, 1.807) is 25.1 Å². The first-order chi connectivity index (χ1) is 11.4. The largest absolute Gasteiger partial charge is 0.379 e. The number of rotatable bonds is 7. The lowest BCUT2D eigenvalue weighted by Gasteiger charge is -2.26. The predicted molar refractivity (Wildman–Crippen MR) is 93.5 cm³/mol. The number of sulfonamides is 1. The van der Waals surface area contributed by atoms with Gasteiger partial charge in [-0.2, -0.15) is 4.31 Å². The van der Waals surface area contributed by atoms with Gasteiger partial charge in [0.15, 0.2) is 0 Å². The van der Waals surface area contributed by atoms with E-state index in [0.717, 1.165) is 19.3 Å². The maximum atomic E-state index is 12.8. The zero-order chi connectivity index (χ0) is 17.6. The van der Waals surface area contributed by atoms with E-state index < -0.39 is 10.0 Å². The summed E-state index contributed by atoms with van der Waals surface area (Å²) in [4.78, 5) is 12.2. The Balaban J connectivity index is 2.14. The molecular formula is C17H26N2O4S. The van der Waals surface area contributed by atoms with Crippen LogP contribution in [0.3, 0.4) is 0 Å². The molecule has 1 aliphatic rings. The van der Waals surface area contributed by atoms with Crippen molar-refractivity contribution in [2.75, 3.05) is 31.6 Å². The number of nitrogens with zero attached hydrogens (tertiary/aromatic N) is 1. The number of aryl methyl sites for hydroxylation is 1. The van der Waals surface area contributed by atoms with E-state index in [-0.39, 0.29) is 10.8 Å².